The summed E-state index contributed by atoms with van der Waals surface area (Å²) in [6, 6.07) is 7.24. The molecule has 0 atom stereocenters. The van der Waals surface area contributed by atoms with E-state index < -0.39 is 10.0 Å². The topological polar surface area (TPSA) is 133 Å². The molecule has 0 aliphatic carbocycles. The van der Waals surface area contributed by atoms with Crippen molar-refractivity contribution in [2.45, 2.75) is 18.4 Å². The lowest BCUT2D eigenvalue weighted by Gasteiger charge is -2.29. The highest BCUT2D eigenvalue weighted by atomic mass is 35.5. The van der Waals surface area contributed by atoms with E-state index in [1.165, 1.54) is 37.3 Å². The Balaban J connectivity index is 1.68. The Bertz CT molecular complexity index is 1330. The first kappa shape index (κ1) is 22.7. The Kier molecular flexibility index (Phi) is 6.04. The molecule has 0 fully saturated rings. The number of aromatic nitrogens is 2. The van der Waals surface area contributed by atoms with Crippen LogP contribution in [0, 0.1) is 6.92 Å². The molecule has 1 N–H and O–H groups in total. The van der Waals surface area contributed by atoms with Gasteiger partial charge in [-0.25, -0.2) is 8.42 Å². The van der Waals surface area contributed by atoms with Gasteiger partial charge in [-0.1, -0.05) is 16.8 Å². The molecule has 11 nitrogen and oxygen atoms in total. The van der Waals surface area contributed by atoms with Gasteiger partial charge in [0.1, 0.15) is 22.1 Å². The van der Waals surface area contributed by atoms with Crippen LogP contribution in [0.2, 0.25) is 5.02 Å². The van der Waals surface area contributed by atoms with E-state index in [0.29, 0.717) is 17.3 Å². The molecular formula is C20H19ClN4O7S. The van der Waals surface area contributed by atoms with Gasteiger partial charge in [0.15, 0.2) is 12.4 Å². The van der Waals surface area contributed by atoms with Gasteiger partial charge >= 0.3 is 0 Å². The number of hydrogen-bond acceptors (Lipinski definition) is 9. The van der Waals surface area contributed by atoms with Gasteiger partial charge in [-0.3, -0.25) is 14.4 Å². The van der Waals surface area contributed by atoms with Crippen LogP contribution in [0.5, 0.6) is 17.2 Å². The van der Waals surface area contributed by atoms with Crippen LogP contribution in [0.3, 0.4) is 0 Å². The number of nitrogens with one attached hydrogen (secondary N) is 1. The molecule has 1 aliphatic rings. The molecule has 4 rings (SSSR count). The number of halogens is 1. The smallest absolute Gasteiger partial charge is 0.265 e. The summed E-state index contributed by atoms with van der Waals surface area (Å²) in [5.74, 6) is 1.20. The number of ether oxygens (including phenoxy) is 3. The van der Waals surface area contributed by atoms with Gasteiger partial charge in [-0.15, -0.1) is 0 Å². The van der Waals surface area contributed by atoms with Crippen LogP contribution in [0.1, 0.15) is 11.7 Å². The number of aryl methyl sites for hydroxylation is 1. The number of sulfonamides is 1. The second-order valence-corrected chi connectivity index (χ2v) is 8.98. The van der Waals surface area contributed by atoms with Crippen LogP contribution in [0.4, 0.5) is 11.4 Å². The van der Waals surface area contributed by atoms with E-state index in [0.717, 1.165) is 0 Å². The number of nitrogens with zero attached hydrogens (tertiary/aromatic N) is 3. The third-order valence-electron chi connectivity index (χ3n) is 4.77. The molecule has 0 bridgehead atoms. The van der Waals surface area contributed by atoms with Crippen LogP contribution in [0.15, 0.2) is 39.8 Å². The second-order valence-electron chi connectivity index (χ2n) is 6.92. The largest absolute Gasteiger partial charge is 0.497 e. The maximum atomic E-state index is 13.1. The lowest BCUT2D eigenvalue weighted by Crippen LogP contribution is -2.38. The van der Waals surface area contributed by atoms with E-state index in [9.17, 15) is 13.2 Å². The van der Waals surface area contributed by atoms with Gasteiger partial charge in [-0.05, 0) is 18.2 Å². The summed E-state index contributed by atoms with van der Waals surface area (Å²) in [7, 11) is -1.25. The summed E-state index contributed by atoms with van der Waals surface area (Å²) < 4.78 is 49.5. The van der Waals surface area contributed by atoms with Crippen molar-refractivity contribution in [3.8, 4) is 17.2 Å². The first-order chi connectivity index (χ1) is 15.7. The van der Waals surface area contributed by atoms with Gasteiger partial charge in [0, 0.05) is 19.1 Å². The molecule has 1 aromatic heterocycles. The summed E-state index contributed by atoms with van der Waals surface area (Å²) in [4.78, 5) is 17.7. The Labute approximate surface area is 194 Å². The van der Waals surface area contributed by atoms with Crippen molar-refractivity contribution >= 4 is 38.9 Å². The SMILES string of the molecule is COc1ccc(NS(=O)(=O)c2cc3c(cc2Cl)N(Cc2noc(C)n2)C(=O)CO3)c(OC)c1. The molecule has 0 radical (unpaired) electrons. The predicted molar refractivity (Wildman–Crippen MR) is 118 cm³/mol. The maximum Gasteiger partial charge on any atom is 0.265 e. The molecule has 3 aromatic rings. The molecule has 13 heteroatoms. The Morgan fingerprint density at radius 1 is 1.21 bits per heavy atom. The number of hydrogen-bond donors (Lipinski definition) is 1. The third-order valence-corrected chi connectivity index (χ3v) is 6.60. The monoisotopic (exact) mass is 494 g/mol. The van der Waals surface area contributed by atoms with Crippen molar-refractivity contribution in [2.75, 3.05) is 30.4 Å². The number of rotatable bonds is 7. The Morgan fingerprint density at radius 3 is 2.67 bits per heavy atom. The summed E-state index contributed by atoms with van der Waals surface area (Å²) in [5.41, 5.74) is 0.483. The number of carbonyl (C=O) groups excluding carboxylic acids is 1. The van der Waals surface area contributed by atoms with Gasteiger partial charge in [-0.2, -0.15) is 4.98 Å². The molecule has 2 heterocycles. The number of carbonyl (C=O) groups is 1. The molecule has 33 heavy (non-hydrogen) atoms. The number of fused-ring (bicyclic) bond motifs is 1. The van der Waals surface area contributed by atoms with Crippen LogP contribution >= 0.6 is 11.6 Å². The normalized spacial score (nSPS) is 13.3. The fraction of sp³-hybridized carbons (Fsp3) is 0.250. The third kappa shape index (κ3) is 4.52. The Morgan fingerprint density at radius 2 is 2.00 bits per heavy atom. The minimum absolute atomic E-state index is 0.0102. The highest BCUT2D eigenvalue weighted by molar-refractivity contribution is 7.92. The van der Waals surface area contributed by atoms with Gasteiger partial charge < -0.3 is 18.7 Å². The fourth-order valence-corrected chi connectivity index (χ4v) is 4.82. The number of benzene rings is 2. The number of amides is 1. The summed E-state index contributed by atoms with van der Waals surface area (Å²) in [5, 5.41) is 3.68. The van der Waals surface area contributed by atoms with E-state index in [-0.39, 0.29) is 52.0 Å². The zero-order valence-corrected chi connectivity index (χ0v) is 19.4. The molecule has 0 unspecified atom stereocenters. The van der Waals surface area contributed by atoms with Gasteiger partial charge in [0.25, 0.3) is 15.9 Å². The summed E-state index contributed by atoms with van der Waals surface area (Å²) >= 11 is 6.34. The van der Waals surface area contributed by atoms with Crippen LogP contribution in [-0.2, 0) is 21.4 Å². The molecule has 0 saturated carbocycles. The first-order valence-electron chi connectivity index (χ1n) is 9.52. The van der Waals surface area contributed by atoms with Crippen molar-refractivity contribution in [3.05, 3.63) is 47.1 Å². The van der Waals surface area contributed by atoms with Crippen LogP contribution in [0.25, 0.3) is 0 Å². The summed E-state index contributed by atoms with van der Waals surface area (Å²) in [6.07, 6.45) is 0. The average molecular weight is 495 g/mol. The van der Waals surface area contributed by atoms with Gasteiger partial charge in [0.2, 0.25) is 5.89 Å². The highest BCUT2D eigenvalue weighted by Crippen LogP contribution is 2.40. The molecule has 1 aliphatic heterocycles. The molecule has 2 aromatic carbocycles. The Hall–Kier alpha value is -3.51. The van der Waals surface area contributed by atoms with Crippen molar-refractivity contribution in [3.63, 3.8) is 0 Å². The molecule has 0 saturated heterocycles. The van der Waals surface area contributed by atoms with E-state index in [2.05, 4.69) is 14.9 Å². The van der Waals surface area contributed by atoms with E-state index in [1.54, 1.807) is 19.1 Å². The average Bonchev–Trinajstić information content (AvgIpc) is 3.20. The molecule has 174 valence electrons. The van der Waals surface area contributed by atoms with Crippen molar-refractivity contribution in [2.24, 2.45) is 0 Å². The fourth-order valence-electron chi connectivity index (χ4n) is 3.21. The minimum Gasteiger partial charge on any atom is -0.497 e. The lowest BCUT2D eigenvalue weighted by atomic mass is 10.2. The van der Waals surface area contributed by atoms with Gasteiger partial charge in [0.05, 0.1) is 37.2 Å². The zero-order chi connectivity index (χ0) is 23.8. The van der Waals surface area contributed by atoms with E-state index in [4.69, 9.17) is 30.3 Å². The minimum atomic E-state index is -4.14. The molecule has 1 amide bonds. The zero-order valence-electron chi connectivity index (χ0n) is 17.8. The number of methoxy groups -OCH3 is 2. The summed E-state index contributed by atoms with van der Waals surface area (Å²) in [6.45, 7) is 1.35. The van der Waals surface area contributed by atoms with E-state index >= 15 is 0 Å². The highest BCUT2D eigenvalue weighted by Gasteiger charge is 2.31. The number of anilines is 2. The lowest BCUT2D eigenvalue weighted by molar-refractivity contribution is -0.121. The van der Waals surface area contributed by atoms with Crippen molar-refractivity contribution < 1.29 is 31.9 Å². The predicted octanol–water partition coefficient (Wildman–Crippen LogP) is 2.78. The molecule has 0 spiro atoms. The van der Waals surface area contributed by atoms with Crippen molar-refractivity contribution in [1.29, 1.82) is 0 Å². The second kappa shape index (κ2) is 8.79. The van der Waals surface area contributed by atoms with Crippen LogP contribution in [-0.4, -0.2) is 45.3 Å². The quantitative estimate of drug-likeness (QED) is 0.526. The molecular weight excluding hydrogens is 476 g/mol. The standard InChI is InChI=1S/C20H19ClN4O7S/c1-11-22-19(23-32-11)9-25-15-7-13(21)18(8-17(15)31-10-20(25)26)33(27,28)24-14-5-4-12(29-2)6-16(14)30-3/h4-8,24H,9-10H2,1-3H3. The first-order valence-corrected chi connectivity index (χ1v) is 11.4. The van der Waals surface area contributed by atoms with Crippen LogP contribution < -0.4 is 23.8 Å². The maximum absolute atomic E-state index is 13.1. The van der Waals surface area contributed by atoms with E-state index in [1.807, 2.05) is 0 Å². The van der Waals surface area contributed by atoms with Crippen molar-refractivity contribution in [1.82, 2.24) is 10.1 Å².